The molecule has 0 bridgehead atoms. The molecule has 3 heterocycles. The summed E-state index contributed by atoms with van der Waals surface area (Å²) >= 11 is 7.90. The molecule has 116 valence electrons. The van der Waals surface area contributed by atoms with Crippen molar-refractivity contribution in [1.29, 1.82) is 0 Å². The highest BCUT2D eigenvalue weighted by molar-refractivity contribution is 7.98. The van der Waals surface area contributed by atoms with Gasteiger partial charge in [0.1, 0.15) is 5.82 Å². The van der Waals surface area contributed by atoms with Crippen LogP contribution in [0.4, 0.5) is 0 Å². The van der Waals surface area contributed by atoms with Gasteiger partial charge in [0.05, 0.1) is 18.0 Å². The van der Waals surface area contributed by atoms with Crippen LogP contribution < -0.4 is 0 Å². The molecule has 5 nitrogen and oxygen atoms in total. The average Bonchev–Trinajstić information content (AvgIpc) is 2.92. The molecule has 0 unspecified atom stereocenters. The van der Waals surface area contributed by atoms with Crippen LogP contribution in [0.1, 0.15) is 11.6 Å². The van der Waals surface area contributed by atoms with Crippen LogP contribution in [0.2, 0.25) is 5.02 Å². The number of rotatable bonds is 2. The van der Waals surface area contributed by atoms with Gasteiger partial charge in [0.2, 0.25) is 0 Å². The summed E-state index contributed by atoms with van der Waals surface area (Å²) in [5.74, 6) is 2.91. The summed E-state index contributed by atoms with van der Waals surface area (Å²) in [5, 5.41) is 9.61. The zero-order chi connectivity index (χ0) is 15.1. The molecule has 7 heteroatoms. The second kappa shape index (κ2) is 5.85. The molecular weight excluding hydrogens is 318 g/mol. The lowest BCUT2D eigenvalue weighted by molar-refractivity contribution is 0.145. The van der Waals surface area contributed by atoms with Crippen molar-refractivity contribution < 1.29 is 0 Å². The van der Waals surface area contributed by atoms with E-state index in [0.717, 1.165) is 60.8 Å². The Labute approximate surface area is 139 Å². The van der Waals surface area contributed by atoms with E-state index in [1.165, 1.54) is 4.90 Å². The summed E-state index contributed by atoms with van der Waals surface area (Å²) in [5.41, 5.74) is 1.16. The number of thioether (sulfide) groups is 1. The third-order valence-electron chi connectivity index (χ3n) is 4.28. The second-order valence-corrected chi connectivity index (χ2v) is 7.30. The number of piperazine rings is 1. The Morgan fingerprint density at radius 3 is 2.82 bits per heavy atom. The highest BCUT2D eigenvalue weighted by Gasteiger charge is 2.24. The number of hydrogen-bond acceptors (Lipinski definition) is 5. The third kappa shape index (κ3) is 2.65. The van der Waals surface area contributed by atoms with Gasteiger partial charge in [-0.2, -0.15) is 0 Å². The summed E-state index contributed by atoms with van der Waals surface area (Å²) in [6.45, 7) is 5.25. The van der Waals surface area contributed by atoms with E-state index in [1.807, 2.05) is 12.1 Å². The topological polar surface area (TPSA) is 37.2 Å². The molecule has 1 fully saturated rings. The predicted molar refractivity (Wildman–Crippen MR) is 88.7 cm³/mol. The minimum atomic E-state index is 0.781. The molecule has 2 aliphatic rings. The Bertz CT molecular complexity index is 693. The van der Waals surface area contributed by atoms with Crippen LogP contribution in [0.5, 0.6) is 0 Å². The first kappa shape index (κ1) is 14.5. The van der Waals surface area contributed by atoms with Gasteiger partial charge in [-0.3, -0.25) is 9.47 Å². The fraction of sp³-hybridized carbons (Fsp3) is 0.467. The largest absolute Gasteiger partial charge is 0.304 e. The number of likely N-dealkylation sites (N-methyl/N-ethyl adjacent to an activating group) is 1. The summed E-state index contributed by atoms with van der Waals surface area (Å²) in [4.78, 5) is 6.03. The normalized spacial score (nSPS) is 19.0. The molecule has 0 amide bonds. The monoisotopic (exact) mass is 335 g/mol. The van der Waals surface area contributed by atoms with Crippen molar-refractivity contribution in [3.05, 3.63) is 34.9 Å². The molecule has 0 saturated carbocycles. The molecule has 1 saturated heterocycles. The van der Waals surface area contributed by atoms with Crippen molar-refractivity contribution >= 4 is 23.4 Å². The van der Waals surface area contributed by atoms with Crippen LogP contribution >= 0.6 is 23.4 Å². The molecule has 1 aromatic heterocycles. The maximum atomic E-state index is 6.12. The Balaban J connectivity index is 1.64. The Morgan fingerprint density at radius 2 is 2.00 bits per heavy atom. The number of fused-ring (bicyclic) bond motifs is 3. The van der Waals surface area contributed by atoms with E-state index in [1.54, 1.807) is 11.8 Å². The van der Waals surface area contributed by atoms with E-state index < -0.39 is 0 Å². The first-order valence-electron chi connectivity index (χ1n) is 7.47. The highest BCUT2D eigenvalue weighted by atomic mass is 35.5. The fourth-order valence-electron chi connectivity index (χ4n) is 2.96. The number of benzene rings is 1. The summed E-state index contributed by atoms with van der Waals surface area (Å²) in [6, 6.07) is 6.05. The third-order valence-corrected chi connectivity index (χ3v) is 5.55. The molecule has 0 N–H and O–H groups in total. The van der Waals surface area contributed by atoms with Gasteiger partial charge in [-0.25, -0.2) is 0 Å². The van der Waals surface area contributed by atoms with Crippen LogP contribution in [0.25, 0.3) is 5.69 Å². The van der Waals surface area contributed by atoms with E-state index in [-0.39, 0.29) is 0 Å². The van der Waals surface area contributed by atoms with E-state index in [4.69, 9.17) is 11.6 Å². The van der Waals surface area contributed by atoms with Gasteiger partial charge in [0, 0.05) is 36.1 Å². The van der Waals surface area contributed by atoms with Crippen molar-refractivity contribution in [3.63, 3.8) is 0 Å². The van der Waals surface area contributed by atoms with Crippen molar-refractivity contribution in [2.75, 3.05) is 33.2 Å². The predicted octanol–water partition coefficient (Wildman–Crippen LogP) is 2.27. The smallest absolute Gasteiger partial charge is 0.151 e. The van der Waals surface area contributed by atoms with E-state index in [0.29, 0.717) is 0 Å². The van der Waals surface area contributed by atoms with Gasteiger partial charge in [-0.1, -0.05) is 11.6 Å². The minimum Gasteiger partial charge on any atom is -0.304 e. The molecule has 0 spiro atoms. The Morgan fingerprint density at radius 1 is 1.18 bits per heavy atom. The fourth-order valence-corrected chi connectivity index (χ4v) is 4.19. The van der Waals surface area contributed by atoms with E-state index >= 15 is 0 Å². The molecular formula is C15H18ClN5S. The molecule has 22 heavy (non-hydrogen) atoms. The maximum Gasteiger partial charge on any atom is 0.151 e. The lowest BCUT2D eigenvalue weighted by Gasteiger charge is -2.32. The number of halogens is 1. The Hall–Kier alpha value is -1.08. The van der Waals surface area contributed by atoms with E-state index in [2.05, 4.69) is 37.7 Å². The SMILES string of the molecule is CN1CCN(Cc2nnc3n2-c2ccc(Cl)cc2SC3)CC1. The van der Waals surface area contributed by atoms with Crippen LogP contribution in [0.15, 0.2) is 23.1 Å². The van der Waals surface area contributed by atoms with Crippen LogP contribution in [-0.2, 0) is 12.3 Å². The lowest BCUT2D eigenvalue weighted by atomic mass is 10.3. The van der Waals surface area contributed by atoms with Crippen LogP contribution in [-0.4, -0.2) is 57.8 Å². The number of aromatic nitrogens is 3. The Kier molecular flexibility index (Phi) is 3.86. The minimum absolute atomic E-state index is 0.781. The molecule has 4 rings (SSSR count). The van der Waals surface area contributed by atoms with Crippen molar-refractivity contribution in [2.45, 2.75) is 17.2 Å². The summed E-state index contributed by atoms with van der Waals surface area (Å²) < 4.78 is 2.21. The average molecular weight is 336 g/mol. The maximum absolute atomic E-state index is 6.12. The van der Waals surface area contributed by atoms with Crippen LogP contribution in [0.3, 0.4) is 0 Å². The molecule has 0 radical (unpaired) electrons. The zero-order valence-electron chi connectivity index (χ0n) is 12.5. The van der Waals surface area contributed by atoms with Gasteiger partial charge >= 0.3 is 0 Å². The van der Waals surface area contributed by atoms with Crippen molar-refractivity contribution in [1.82, 2.24) is 24.6 Å². The number of nitrogens with zero attached hydrogens (tertiary/aromatic N) is 5. The summed E-state index contributed by atoms with van der Waals surface area (Å²) in [7, 11) is 2.17. The standard InChI is InChI=1S/C15H18ClN5S/c1-19-4-6-20(7-5-19)9-14-17-18-15-10-22-13-8-11(16)2-3-12(13)21(14)15/h2-3,8H,4-7,9-10H2,1H3. The zero-order valence-corrected chi connectivity index (χ0v) is 14.1. The van der Waals surface area contributed by atoms with Crippen molar-refractivity contribution in [3.8, 4) is 5.69 Å². The van der Waals surface area contributed by atoms with E-state index in [9.17, 15) is 0 Å². The molecule has 0 atom stereocenters. The highest BCUT2D eigenvalue weighted by Crippen LogP contribution is 2.36. The summed E-state index contributed by atoms with van der Waals surface area (Å²) in [6.07, 6.45) is 0. The quantitative estimate of drug-likeness (QED) is 0.841. The molecule has 0 aliphatic carbocycles. The first-order chi connectivity index (χ1) is 10.7. The number of hydrogen-bond donors (Lipinski definition) is 0. The first-order valence-corrected chi connectivity index (χ1v) is 8.84. The van der Waals surface area contributed by atoms with Crippen LogP contribution in [0, 0.1) is 0 Å². The molecule has 2 aliphatic heterocycles. The molecule has 2 aromatic rings. The van der Waals surface area contributed by atoms with Gasteiger partial charge in [-0.15, -0.1) is 22.0 Å². The van der Waals surface area contributed by atoms with Gasteiger partial charge < -0.3 is 4.90 Å². The van der Waals surface area contributed by atoms with Crippen molar-refractivity contribution in [2.24, 2.45) is 0 Å². The second-order valence-electron chi connectivity index (χ2n) is 5.85. The van der Waals surface area contributed by atoms with Gasteiger partial charge in [0.25, 0.3) is 0 Å². The van der Waals surface area contributed by atoms with Gasteiger partial charge in [-0.05, 0) is 25.2 Å². The molecule has 1 aromatic carbocycles. The lowest BCUT2D eigenvalue weighted by Crippen LogP contribution is -2.44. The van der Waals surface area contributed by atoms with Gasteiger partial charge in [0.15, 0.2) is 5.82 Å².